The van der Waals surface area contributed by atoms with Crippen molar-refractivity contribution in [1.82, 2.24) is 4.98 Å². The van der Waals surface area contributed by atoms with Gasteiger partial charge in [-0.2, -0.15) is 4.98 Å². The van der Waals surface area contributed by atoms with Crippen LogP contribution in [0.15, 0.2) is 22.6 Å². The van der Waals surface area contributed by atoms with Gasteiger partial charge in [0.15, 0.2) is 5.58 Å². The number of nitrogens with zero attached hydrogens (tertiary/aromatic N) is 2. The summed E-state index contributed by atoms with van der Waals surface area (Å²) in [6, 6.07) is 6.49. The number of benzene rings is 1. The Labute approximate surface area is 112 Å². The van der Waals surface area contributed by atoms with Crippen LogP contribution in [0.25, 0.3) is 11.1 Å². The van der Waals surface area contributed by atoms with Crippen LogP contribution in [0.4, 0.5) is 11.7 Å². The first kappa shape index (κ1) is 11.1. The van der Waals surface area contributed by atoms with Crippen LogP contribution in [0.2, 0.25) is 0 Å². The average molecular weight is 257 g/mol. The van der Waals surface area contributed by atoms with E-state index < -0.39 is 0 Å². The summed E-state index contributed by atoms with van der Waals surface area (Å²) in [7, 11) is 0. The Balaban J connectivity index is 1.66. The van der Waals surface area contributed by atoms with Gasteiger partial charge in [-0.1, -0.05) is 6.07 Å². The summed E-state index contributed by atoms with van der Waals surface area (Å²) in [5.41, 5.74) is 8.25. The average Bonchev–Trinajstić information content (AvgIpc) is 3.31. The maximum absolute atomic E-state index is 5.96. The monoisotopic (exact) mass is 257 g/mol. The van der Waals surface area contributed by atoms with Crippen molar-refractivity contribution < 1.29 is 4.42 Å². The molecule has 4 rings (SSSR count). The van der Waals surface area contributed by atoms with Gasteiger partial charge in [0.1, 0.15) is 5.52 Å². The minimum atomic E-state index is 0.699. The summed E-state index contributed by atoms with van der Waals surface area (Å²) in [4.78, 5) is 6.94. The van der Waals surface area contributed by atoms with Gasteiger partial charge in [0, 0.05) is 13.1 Å². The Morgan fingerprint density at radius 1 is 1.16 bits per heavy atom. The smallest absolute Gasteiger partial charge is 0.298 e. The van der Waals surface area contributed by atoms with Gasteiger partial charge in [-0.3, -0.25) is 0 Å². The van der Waals surface area contributed by atoms with Crippen LogP contribution in [0.5, 0.6) is 0 Å². The highest BCUT2D eigenvalue weighted by atomic mass is 16.4. The number of nitrogen functional groups attached to an aromatic ring is 1. The highest BCUT2D eigenvalue weighted by Crippen LogP contribution is 2.36. The summed E-state index contributed by atoms with van der Waals surface area (Å²) in [5.74, 6) is 1.68. The molecule has 2 saturated carbocycles. The SMILES string of the molecule is Nc1cccc2oc(N(CC3CC3)CC3CC3)nc12. The zero-order chi connectivity index (χ0) is 12.8. The number of nitrogens with two attached hydrogens (primary N) is 1. The van der Waals surface area contributed by atoms with Crippen LogP contribution in [0.3, 0.4) is 0 Å². The van der Waals surface area contributed by atoms with Crippen molar-refractivity contribution in [3.05, 3.63) is 18.2 Å². The summed E-state index contributed by atoms with van der Waals surface area (Å²) in [5, 5.41) is 0. The van der Waals surface area contributed by atoms with Crippen LogP contribution in [0.1, 0.15) is 25.7 Å². The lowest BCUT2D eigenvalue weighted by molar-refractivity contribution is 0.545. The Bertz CT molecular complexity index is 584. The second-order valence-electron chi connectivity index (χ2n) is 5.98. The van der Waals surface area contributed by atoms with Crippen LogP contribution in [-0.4, -0.2) is 18.1 Å². The minimum absolute atomic E-state index is 0.699. The third-order valence-electron chi connectivity index (χ3n) is 4.06. The van der Waals surface area contributed by atoms with Gasteiger partial charge in [0.25, 0.3) is 6.01 Å². The molecule has 0 spiro atoms. The van der Waals surface area contributed by atoms with E-state index in [0.29, 0.717) is 5.69 Å². The molecular weight excluding hydrogens is 238 g/mol. The summed E-state index contributed by atoms with van der Waals surface area (Å²) in [6.07, 6.45) is 5.40. The van der Waals surface area contributed by atoms with Crippen molar-refractivity contribution in [2.24, 2.45) is 11.8 Å². The fraction of sp³-hybridized carbons (Fsp3) is 0.533. The molecule has 0 aliphatic heterocycles. The number of anilines is 2. The quantitative estimate of drug-likeness (QED) is 0.836. The second kappa shape index (κ2) is 4.15. The van der Waals surface area contributed by atoms with Crippen LogP contribution in [-0.2, 0) is 0 Å². The largest absolute Gasteiger partial charge is 0.423 e. The Morgan fingerprint density at radius 3 is 2.42 bits per heavy atom. The molecule has 19 heavy (non-hydrogen) atoms. The lowest BCUT2D eigenvalue weighted by atomic mass is 10.3. The first-order valence-electron chi connectivity index (χ1n) is 7.19. The number of fused-ring (bicyclic) bond motifs is 1. The first-order valence-corrected chi connectivity index (χ1v) is 7.19. The van der Waals surface area contributed by atoms with Crippen molar-refractivity contribution in [1.29, 1.82) is 0 Å². The second-order valence-corrected chi connectivity index (χ2v) is 5.98. The highest BCUT2D eigenvalue weighted by Gasteiger charge is 2.31. The molecule has 0 amide bonds. The molecule has 4 nitrogen and oxygen atoms in total. The zero-order valence-electron chi connectivity index (χ0n) is 11.0. The lowest BCUT2D eigenvalue weighted by Crippen LogP contribution is -2.28. The molecule has 2 N–H and O–H groups in total. The van der Waals surface area contributed by atoms with Crippen LogP contribution >= 0.6 is 0 Å². The predicted octanol–water partition coefficient (Wildman–Crippen LogP) is 3.04. The third-order valence-corrected chi connectivity index (χ3v) is 4.06. The van der Waals surface area contributed by atoms with E-state index in [9.17, 15) is 0 Å². The molecule has 2 aliphatic rings. The topological polar surface area (TPSA) is 55.3 Å². The van der Waals surface area contributed by atoms with E-state index in [1.807, 2.05) is 18.2 Å². The lowest BCUT2D eigenvalue weighted by Gasteiger charge is -2.19. The minimum Gasteiger partial charge on any atom is -0.423 e. The molecule has 2 fully saturated rings. The van der Waals surface area contributed by atoms with Gasteiger partial charge in [0.05, 0.1) is 5.69 Å². The van der Waals surface area contributed by atoms with E-state index >= 15 is 0 Å². The Hall–Kier alpha value is -1.71. The number of rotatable bonds is 5. The molecule has 2 aromatic rings. The van der Waals surface area contributed by atoms with Crippen molar-refractivity contribution in [3.8, 4) is 0 Å². The van der Waals surface area contributed by atoms with E-state index in [4.69, 9.17) is 10.2 Å². The third kappa shape index (κ3) is 2.27. The van der Waals surface area contributed by atoms with Crippen molar-refractivity contribution in [2.75, 3.05) is 23.7 Å². The van der Waals surface area contributed by atoms with Gasteiger partial charge in [-0.15, -0.1) is 0 Å². The summed E-state index contributed by atoms with van der Waals surface area (Å²) >= 11 is 0. The fourth-order valence-corrected chi connectivity index (χ4v) is 2.55. The van der Waals surface area contributed by atoms with E-state index in [0.717, 1.165) is 42.0 Å². The molecule has 0 radical (unpaired) electrons. The van der Waals surface area contributed by atoms with Crippen molar-refractivity contribution in [3.63, 3.8) is 0 Å². The number of aromatic nitrogens is 1. The van der Waals surface area contributed by atoms with Gasteiger partial charge < -0.3 is 15.1 Å². The van der Waals surface area contributed by atoms with Crippen LogP contribution in [0, 0.1) is 11.8 Å². The first-order chi connectivity index (χ1) is 9.29. The molecule has 1 aromatic heterocycles. The normalized spacial score (nSPS) is 18.9. The van der Waals surface area contributed by atoms with Gasteiger partial charge in [0.2, 0.25) is 0 Å². The van der Waals surface area contributed by atoms with E-state index in [1.165, 1.54) is 25.7 Å². The number of oxazole rings is 1. The molecular formula is C15H19N3O. The molecule has 2 aliphatic carbocycles. The maximum Gasteiger partial charge on any atom is 0.298 e. The zero-order valence-corrected chi connectivity index (χ0v) is 11.0. The molecule has 100 valence electrons. The molecule has 1 heterocycles. The van der Waals surface area contributed by atoms with E-state index in [2.05, 4.69) is 9.88 Å². The maximum atomic E-state index is 5.96. The van der Waals surface area contributed by atoms with Crippen molar-refractivity contribution in [2.45, 2.75) is 25.7 Å². The molecule has 0 atom stereocenters. The predicted molar refractivity (Wildman–Crippen MR) is 76.1 cm³/mol. The molecule has 0 bridgehead atoms. The molecule has 1 aromatic carbocycles. The van der Waals surface area contributed by atoms with E-state index in [-0.39, 0.29) is 0 Å². The Kier molecular flexibility index (Phi) is 2.43. The van der Waals surface area contributed by atoms with Crippen LogP contribution < -0.4 is 10.6 Å². The molecule has 0 saturated heterocycles. The standard InChI is InChI=1S/C15H19N3O/c16-12-2-1-3-13-14(12)17-15(19-13)18(8-10-4-5-10)9-11-6-7-11/h1-3,10-11H,4-9,16H2. The van der Waals surface area contributed by atoms with Gasteiger partial charge in [-0.25, -0.2) is 0 Å². The van der Waals surface area contributed by atoms with E-state index in [1.54, 1.807) is 0 Å². The number of para-hydroxylation sites is 1. The summed E-state index contributed by atoms with van der Waals surface area (Å²) in [6.45, 7) is 2.17. The molecule has 0 unspecified atom stereocenters. The van der Waals surface area contributed by atoms with Crippen molar-refractivity contribution >= 4 is 22.8 Å². The molecule has 4 heteroatoms. The summed E-state index contributed by atoms with van der Waals surface area (Å²) < 4.78 is 5.90. The fourth-order valence-electron chi connectivity index (χ4n) is 2.55. The highest BCUT2D eigenvalue weighted by molar-refractivity contribution is 5.86. The van der Waals surface area contributed by atoms with Gasteiger partial charge in [-0.05, 0) is 49.7 Å². The number of hydrogen-bond donors (Lipinski definition) is 1. The van der Waals surface area contributed by atoms with Gasteiger partial charge >= 0.3 is 0 Å². The number of hydrogen-bond acceptors (Lipinski definition) is 4. The Morgan fingerprint density at radius 2 is 1.84 bits per heavy atom.